The fraction of sp³-hybridized carbons (Fsp3) is 0.542. The average molecular weight is 432 g/mol. The smallest absolute Gasteiger partial charge is 0.248 e. The molecule has 4 rings (SSSR count). The maximum absolute atomic E-state index is 13.7. The van der Waals surface area contributed by atoms with E-state index in [1.54, 1.807) is 12.0 Å². The van der Waals surface area contributed by atoms with Crippen LogP contribution in [0.5, 0.6) is 0 Å². The van der Waals surface area contributed by atoms with Gasteiger partial charge in [-0.15, -0.1) is 0 Å². The van der Waals surface area contributed by atoms with E-state index in [2.05, 4.69) is 17.6 Å². The number of likely N-dealkylation sites (N-methyl/N-ethyl adjacent to an activating group) is 1. The summed E-state index contributed by atoms with van der Waals surface area (Å²) in [5.74, 6) is -1.66. The second-order valence-corrected chi connectivity index (χ2v) is 8.99. The zero-order chi connectivity index (χ0) is 22.3. The Hall–Kier alpha value is -2.25. The number of allylic oxidation sites excluding steroid dienone is 2. The quantitative estimate of drug-likeness (QED) is 0.717. The molecule has 1 saturated carbocycles. The Labute approximate surface area is 182 Å². The van der Waals surface area contributed by atoms with Crippen molar-refractivity contribution < 1.29 is 18.6 Å². The van der Waals surface area contributed by atoms with E-state index < -0.39 is 12.2 Å². The third kappa shape index (κ3) is 4.26. The van der Waals surface area contributed by atoms with Gasteiger partial charge in [-0.1, -0.05) is 6.07 Å². The monoisotopic (exact) mass is 431 g/mol. The number of methoxy groups -OCH3 is 1. The molecule has 168 valence electrons. The molecule has 1 aliphatic heterocycles. The van der Waals surface area contributed by atoms with Crippen molar-refractivity contribution in [2.75, 3.05) is 20.8 Å². The van der Waals surface area contributed by atoms with Crippen LogP contribution in [0.4, 0.5) is 8.78 Å². The van der Waals surface area contributed by atoms with Crippen LogP contribution in [-0.2, 0) is 4.74 Å². The summed E-state index contributed by atoms with van der Waals surface area (Å²) in [6.07, 6.45) is 4.03. The summed E-state index contributed by atoms with van der Waals surface area (Å²) >= 11 is 0. The van der Waals surface area contributed by atoms with Crippen molar-refractivity contribution in [3.63, 3.8) is 0 Å². The molecule has 5 nitrogen and oxygen atoms in total. The first-order valence-corrected chi connectivity index (χ1v) is 10.9. The molecule has 1 unspecified atom stereocenters. The topological polar surface area (TPSA) is 50.5 Å². The molecule has 1 aromatic carbocycles. The number of hydrogen-bond acceptors (Lipinski definition) is 4. The standard InChI is InChI=1S/C24H31F2N3O2/c1-15-11-19(13-28(3)23(15)30)18-5-6-20-21(12-18)29(16(2)14-31-4)22(27-20)17-7-9-24(25,26)10-8-17/h5-6,11-13,16-17,23,30H,7-10,14H2,1-4H3/t16-,23?/m0/s1. The molecule has 2 aliphatic rings. The van der Waals surface area contributed by atoms with Crippen molar-refractivity contribution in [2.24, 2.45) is 0 Å². The van der Waals surface area contributed by atoms with Gasteiger partial charge in [0, 0.05) is 39.1 Å². The van der Waals surface area contributed by atoms with Crippen LogP contribution in [0.2, 0.25) is 0 Å². The van der Waals surface area contributed by atoms with Crippen molar-refractivity contribution in [2.45, 2.75) is 63.6 Å². The van der Waals surface area contributed by atoms with E-state index in [9.17, 15) is 13.9 Å². The van der Waals surface area contributed by atoms with Crippen LogP contribution in [0.1, 0.15) is 62.9 Å². The lowest BCUT2D eigenvalue weighted by Gasteiger charge is -2.29. The van der Waals surface area contributed by atoms with Crippen LogP contribution in [0.15, 0.2) is 36.0 Å². The average Bonchev–Trinajstić information content (AvgIpc) is 3.10. The number of ether oxygens (including phenoxy) is 1. The summed E-state index contributed by atoms with van der Waals surface area (Å²) in [5, 5.41) is 10.2. The molecule has 1 aromatic heterocycles. The molecule has 2 atom stereocenters. The molecule has 0 bridgehead atoms. The van der Waals surface area contributed by atoms with E-state index in [-0.39, 0.29) is 24.8 Å². The van der Waals surface area contributed by atoms with Gasteiger partial charge in [-0.25, -0.2) is 13.8 Å². The van der Waals surface area contributed by atoms with Gasteiger partial charge in [0.1, 0.15) is 12.1 Å². The Morgan fingerprint density at radius 2 is 2.00 bits per heavy atom. The lowest BCUT2D eigenvalue weighted by Crippen LogP contribution is -2.30. The number of rotatable bonds is 5. The maximum Gasteiger partial charge on any atom is 0.248 e. The number of benzene rings is 1. The number of aliphatic hydroxyl groups is 1. The highest BCUT2D eigenvalue weighted by Gasteiger charge is 2.37. The van der Waals surface area contributed by atoms with E-state index in [0.717, 1.165) is 33.6 Å². The first-order chi connectivity index (χ1) is 14.7. The second kappa shape index (κ2) is 8.36. The molecule has 0 amide bonds. The third-order valence-corrected chi connectivity index (χ3v) is 6.50. The Bertz CT molecular complexity index is 1020. The minimum absolute atomic E-state index is 0.0205. The summed E-state index contributed by atoms with van der Waals surface area (Å²) in [7, 11) is 3.52. The van der Waals surface area contributed by atoms with E-state index >= 15 is 0 Å². The molecule has 2 heterocycles. The Kier molecular flexibility index (Phi) is 5.92. The maximum atomic E-state index is 13.7. The van der Waals surface area contributed by atoms with Gasteiger partial charge in [0.2, 0.25) is 5.92 Å². The summed E-state index contributed by atoms with van der Waals surface area (Å²) in [6.45, 7) is 4.50. The van der Waals surface area contributed by atoms with E-state index in [4.69, 9.17) is 9.72 Å². The normalized spacial score (nSPS) is 23.1. The van der Waals surface area contributed by atoms with E-state index in [1.807, 2.05) is 38.4 Å². The number of alkyl halides is 2. The minimum Gasteiger partial charge on any atom is -0.383 e. The van der Waals surface area contributed by atoms with Gasteiger partial charge in [-0.2, -0.15) is 0 Å². The lowest BCUT2D eigenvalue weighted by atomic mass is 9.86. The Balaban J connectivity index is 1.78. The Morgan fingerprint density at radius 1 is 1.29 bits per heavy atom. The first kappa shape index (κ1) is 22.0. The van der Waals surface area contributed by atoms with Gasteiger partial charge in [0.15, 0.2) is 0 Å². The fourth-order valence-electron chi connectivity index (χ4n) is 4.78. The van der Waals surface area contributed by atoms with Gasteiger partial charge >= 0.3 is 0 Å². The van der Waals surface area contributed by atoms with Crippen molar-refractivity contribution in [3.8, 4) is 0 Å². The number of imidazole rings is 1. The van der Waals surface area contributed by atoms with Crippen molar-refractivity contribution >= 4 is 16.6 Å². The van der Waals surface area contributed by atoms with Crippen LogP contribution in [0.25, 0.3) is 16.6 Å². The Morgan fingerprint density at radius 3 is 2.65 bits per heavy atom. The van der Waals surface area contributed by atoms with E-state index in [1.165, 1.54) is 0 Å². The zero-order valence-electron chi connectivity index (χ0n) is 18.6. The van der Waals surface area contributed by atoms with Crippen molar-refractivity contribution in [3.05, 3.63) is 47.4 Å². The highest BCUT2D eigenvalue weighted by molar-refractivity contribution is 5.85. The number of nitrogens with zero attached hydrogens (tertiary/aromatic N) is 3. The minimum atomic E-state index is -2.56. The molecule has 0 saturated heterocycles. The molecular formula is C24H31F2N3O2. The van der Waals surface area contributed by atoms with Gasteiger partial charge in [-0.3, -0.25) is 0 Å². The van der Waals surface area contributed by atoms with Gasteiger partial charge in [-0.05, 0) is 61.6 Å². The van der Waals surface area contributed by atoms with Crippen LogP contribution < -0.4 is 0 Å². The number of hydrogen-bond donors (Lipinski definition) is 1. The highest BCUT2D eigenvalue weighted by Crippen LogP contribution is 2.42. The molecule has 1 fully saturated rings. The molecule has 0 radical (unpaired) electrons. The molecular weight excluding hydrogens is 400 g/mol. The van der Waals surface area contributed by atoms with Crippen LogP contribution in [0.3, 0.4) is 0 Å². The highest BCUT2D eigenvalue weighted by atomic mass is 19.3. The largest absolute Gasteiger partial charge is 0.383 e. The molecule has 1 aliphatic carbocycles. The molecule has 0 spiro atoms. The van der Waals surface area contributed by atoms with Gasteiger partial charge in [0.05, 0.1) is 23.7 Å². The van der Waals surface area contributed by atoms with Crippen molar-refractivity contribution in [1.82, 2.24) is 14.5 Å². The molecule has 31 heavy (non-hydrogen) atoms. The molecule has 1 N–H and O–H groups in total. The van der Waals surface area contributed by atoms with Crippen LogP contribution in [-0.4, -0.2) is 52.5 Å². The lowest BCUT2D eigenvalue weighted by molar-refractivity contribution is -0.0390. The number of aromatic nitrogens is 2. The van der Waals surface area contributed by atoms with Crippen LogP contribution >= 0.6 is 0 Å². The molecule has 7 heteroatoms. The predicted molar refractivity (Wildman–Crippen MR) is 118 cm³/mol. The van der Waals surface area contributed by atoms with Crippen molar-refractivity contribution in [1.29, 1.82) is 0 Å². The third-order valence-electron chi connectivity index (χ3n) is 6.50. The predicted octanol–water partition coefficient (Wildman–Crippen LogP) is 5.09. The van der Waals surface area contributed by atoms with Gasteiger partial charge in [0.25, 0.3) is 0 Å². The number of aliphatic hydroxyl groups excluding tert-OH is 1. The second-order valence-electron chi connectivity index (χ2n) is 8.99. The fourth-order valence-corrected chi connectivity index (χ4v) is 4.78. The summed E-state index contributed by atoms with van der Waals surface area (Å²) in [6, 6.07) is 6.17. The summed E-state index contributed by atoms with van der Waals surface area (Å²) in [5.41, 5.74) is 4.76. The summed E-state index contributed by atoms with van der Waals surface area (Å²) < 4.78 is 35.1. The molecule has 2 aromatic rings. The number of fused-ring (bicyclic) bond motifs is 1. The SMILES string of the molecule is COC[C@H](C)n1c(C2CCC(F)(F)CC2)nc2ccc(C3=CN(C)C(O)C(C)=C3)cc21. The zero-order valence-corrected chi connectivity index (χ0v) is 18.6. The number of halogens is 2. The summed E-state index contributed by atoms with van der Waals surface area (Å²) in [4.78, 5) is 6.68. The van der Waals surface area contributed by atoms with Crippen LogP contribution in [0, 0.1) is 0 Å². The van der Waals surface area contributed by atoms with Gasteiger partial charge < -0.3 is 19.3 Å². The first-order valence-electron chi connectivity index (χ1n) is 10.9. The van der Waals surface area contributed by atoms with E-state index in [0.29, 0.717) is 19.4 Å².